The minimum absolute atomic E-state index is 0.00900. The van der Waals surface area contributed by atoms with Crippen molar-refractivity contribution in [3.8, 4) is 0 Å². The topological polar surface area (TPSA) is 73.4 Å². The lowest BCUT2D eigenvalue weighted by molar-refractivity contribution is -0.142. The molecule has 0 radical (unpaired) electrons. The van der Waals surface area contributed by atoms with E-state index < -0.39 is 11.9 Å². The van der Waals surface area contributed by atoms with Crippen molar-refractivity contribution in [1.82, 2.24) is 9.88 Å². The van der Waals surface area contributed by atoms with Gasteiger partial charge in [-0.3, -0.25) is 9.59 Å². The number of benzene rings is 1. The maximum atomic E-state index is 12.7. The fraction of sp³-hybridized carbons (Fsp3) is 0.444. The van der Waals surface area contributed by atoms with E-state index in [9.17, 15) is 14.7 Å². The number of carbonyl (C=O) groups is 2. The van der Waals surface area contributed by atoms with Gasteiger partial charge in [0.1, 0.15) is 0 Å². The number of fused-ring (bicyclic) bond motifs is 1. The summed E-state index contributed by atoms with van der Waals surface area (Å²) in [5, 5.41) is 11.0. The van der Waals surface area contributed by atoms with E-state index in [4.69, 9.17) is 11.6 Å². The van der Waals surface area contributed by atoms with Crippen LogP contribution in [0.25, 0.3) is 10.9 Å². The van der Waals surface area contributed by atoms with Crippen molar-refractivity contribution in [1.29, 1.82) is 0 Å². The summed E-state index contributed by atoms with van der Waals surface area (Å²) in [5.41, 5.74) is 1.85. The lowest BCUT2D eigenvalue weighted by Gasteiger charge is -2.16. The number of amides is 1. The summed E-state index contributed by atoms with van der Waals surface area (Å²) in [7, 11) is 0. The Kier molecular flexibility index (Phi) is 3.76. The number of halogens is 1. The van der Waals surface area contributed by atoms with Crippen LogP contribution in [0.2, 0.25) is 5.02 Å². The average Bonchev–Trinajstić information content (AvgIpc) is 3.17. The molecule has 1 saturated heterocycles. The van der Waals surface area contributed by atoms with E-state index in [0.29, 0.717) is 24.0 Å². The van der Waals surface area contributed by atoms with Crippen molar-refractivity contribution in [3.05, 3.63) is 35.0 Å². The molecule has 1 aliphatic carbocycles. The molecule has 2 fully saturated rings. The normalized spacial score (nSPS) is 23.8. The number of nitrogens with zero attached hydrogens (tertiary/aromatic N) is 1. The molecule has 2 aliphatic rings. The van der Waals surface area contributed by atoms with Gasteiger partial charge >= 0.3 is 5.97 Å². The number of aliphatic carboxylic acids is 1. The SMILES string of the molecule is O=C(O)[C@H]1CN(C(=O)Cc2c[nH]c3ccc(Cl)cc23)C[C@@H]1C1CC1. The average molecular weight is 347 g/mol. The Balaban J connectivity index is 1.51. The minimum atomic E-state index is -0.777. The zero-order valence-electron chi connectivity index (χ0n) is 13.2. The van der Waals surface area contributed by atoms with Gasteiger partial charge in [-0.1, -0.05) is 11.6 Å². The fourth-order valence-corrected chi connectivity index (χ4v) is 4.04. The second-order valence-corrected chi connectivity index (χ2v) is 7.36. The molecular weight excluding hydrogens is 328 g/mol. The van der Waals surface area contributed by atoms with E-state index in [1.54, 1.807) is 4.90 Å². The molecule has 2 aromatic rings. The van der Waals surface area contributed by atoms with Crippen LogP contribution >= 0.6 is 11.6 Å². The first kappa shape index (κ1) is 15.5. The summed E-state index contributed by atoms with van der Waals surface area (Å²) in [5.74, 6) is -0.607. The maximum Gasteiger partial charge on any atom is 0.308 e. The van der Waals surface area contributed by atoms with Crippen molar-refractivity contribution in [3.63, 3.8) is 0 Å². The quantitative estimate of drug-likeness (QED) is 0.894. The summed E-state index contributed by atoms with van der Waals surface area (Å²) in [6, 6.07) is 5.56. The molecule has 2 N–H and O–H groups in total. The van der Waals surface area contributed by atoms with Gasteiger partial charge < -0.3 is 15.0 Å². The van der Waals surface area contributed by atoms with E-state index >= 15 is 0 Å². The third kappa shape index (κ3) is 2.77. The van der Waals surface area contributed by atoms with Crippen LogP contribution in [0, 0.1) is 17.8 Å². The van der Waals surface area contributed by atoms with Crippen molar-refractivity contribution >= 4 is 34.4 Å². The number of aromatic amines is 1. The second-order valence-electron chi connectivity index (χ2n) is 6.93. The molecule has 0 bridgehead atoms. The van der Waals surface area contributed by atoms with E-state index in [0.717, 1.165) is 29.3 Å². The molecule has 1 saturated carbocycles. The number of carboxylic acid groups (broad SMARTS) is 1. The largest absolute Gasteiger partial charge is 0.481 e. The minimum Gasteiger partial charge on any atom is -0.481 e. The van der Waals surface area contributed by atoms with Crippen molar-refractivity contribution in [2.24, 2.45) is 17.8 Å². The highest BCUT2D eigenvalue weighted by molar-refractivity contribution is 6.31. The lowest BCUT2D eigenvalue weighted by atomic mass is 9.92. The van der Waals surface area contributed by atoms with Gasteiger partial charge in [-0.15, -0.1) is 0 Å². The summed E-state index contributed by atoms with van der Waals surface area (Å²) >= 11 is 6.05. The van der Waals surface area contributed by atoms with Gasteiger partial charge in [0.15, 0.2) is 0 Å². The van der Waals surface area contributed by atoms with Crippen LogP contribution in [0.4, 0.5) is 0 Å². The summed E-state index contributed by atoms with van der Waals surface area (Å²) in [6.07, 6.45) is 4.29. The second kappa shape index (κ2) is 5.81. The third-order valence-corrected chi connectivity index (χ3v) is 5.57. The van der Waals surface area contributed by atoms with Gasteiger partial charge in [-0.05, 0) is 48.4 Å². The number of hydrogen-bond donors (Lipinski definition) is 2. The van der Waals surface area contributed by atoms with E-state index in [1.165, 1.54) is 0 Å². The molecule has 4 rings (SSSR count). The molecule has 0 spiro atoms. The molecule has 0 unspecified atom stereocenters. The van der Waals surface area contributed by atoms with Crippen LogP contribution < -0.4 is 0 Å². The number of carboxylic acids is 1. The molecular formula is C18H19ClN2O3. The van der Waals surface area contributed by atoms with Crippen LogP contribution in [-0.2, 0) is 16.0 Å². The number of aromatic nitrogens is 1. The fourth-order valence-electron chi connectivity index (χ4n) is 3.87. The van der Waals surface area contributed by atoms with E-state index in [-0.39, 0.29) is 18.2 Å². The number of likely N-dealkylation sites (tertiary alicyclic amines) is 1. The number of hydrogen-bond acceptors (Lipinski definition) is 2. The van der Waals surface area contributed by atoms with Gasteiger partial charge in [-0.25, -0.2) is 0 Å². The summed E-state index contributed by atoms with van der Waals surface area (Å²) < 4.78 is 0. The smallest absolute Gasteiger partial charge is 0.308 e. The maximum absolute atomic E-state index is 12.7. The molecule has 1 aromatic heterocycles. The molecule has 1 aliphatic heterocycles. The first-order valence-electron chi connectivity index (χ1n) is 8.29. The van der Waals surface area contributed by atoms with Crippen molar-refractivity contribution in [2.75, 3.05) is 13.1 Å². The third-order valence-electron chi connectivity index (χ3n) is 5.33. The first-order chi connectivity index (χ1) is 11.5. The van der Waals surface area contributed by atoms with E-state index in [1.807, 2.05) is 24.4 Å². The van der Waals surface area contributed by atoms with Gasteiger partial charge in [0.2, 0.25) is 5.91 Å². The molecule has 24 heavy (non-hydrogen) atoms. The van der Waals surface area contributed by atoms with Gasteiger partial charge in [0.05, 0.1) is 12.3 Å². The first-order valence-corrected chi connectivity index (χ1v) is 8.67. The van der Waals surface area contributed by atoms with Crippen LogP contribution in [0.3, 0.4) is 0 Å². The van der Waals surface area contributed by atoms with Crippen LogP contribution in [0.5, 0.6) is 0 Å². The predicted octanol–water partition coefficient (Wildman–Crippen LogP) is 2.93. The Morgan fingerprint density at radius 1 is 1.29 bits per heavy atom. The molecule has 1 aromatic carbocycles. The Morgan fingerprint density at radius 3 is 2.79 bits per heavy atom. The number of carbonyl (C=O) groups excluding carboxylic acids is 1. The van der Waals surface area contributed by atoms with Crippen LogP contribution in [0.1, 0.15) is 18.4 Å². The van der Waals surface area contributed by atoms with Crippen molar-refractivity contribution in [2.45, 2.75) is 19.3 Å². The number of rotatable bonds is 4. The Labute approximate surface area is 144 Å². The van der Waals surface area contributed by atoms with Crippen molar-refractivity contribution < 1.29 is 14.7 Å². The molecule has 1 amide bonds. The summed E-state index contributed by atoms with van der Waals surface area (Å²) in [4.78, 5) is 29.0. The molecule has 5 nitrogen and oxygen atoms in total. The standard InChI is InChI=1S/C18H19ClN2O3/c19-12-3-4-16-13(6-12)11(7-20-16)5-17(22)21-8-14(10-1-2-10)15(9-21)18(23)24/h3-4,6-7,10,14-15,20H,1-2,5,8-9H2,(H,23,24)/t14-,15+/m1/s1. The Hall–Kier alpha value is -2.01. The molecule has 2 atom stereocenters. The highest BCUT2D eigenvalue weighted by Crippen LogP contribution is 2.44. The van der Waals surface area contributed by atoms with Crippen LogP contribution in [0.15, 0.2) is 24.4 Å². The lowest BCUT2D eigenvalue weighted by Crippen LogP contribution is -2.31. The molecule has 2 heterocycles. The zero-order valence-corrected chi connectivity index (χ0v) is 13.9. The number of nitrogens with one attached hydrogen (secondary N) is 1. The van der Waals surface area contributed by atoms with Gasteiger partial charge in [-0.2, -0.15) is 0 Å². The highest BCUT2D eigenvalue weighted by Gasteiger charge is 2.46. The van der Waals surface area contributed by atoms with Gasteiger partial charge in [0, 0.05) is 35.2 Å². The number of H-pyrrole nitrogens is 1. The summed E-state index contributed by atoms with van der Waals surface area (Å²) in [6.45, 7) is 0.905. The molecule has 6 heteroatoms. The van der Waals surface area contributed by atoms with E-state index in [2.05, 4.69) is 4.98 Å². The molecule has 126 valence electrons. The Bertz CT molecular complexity index is 812. The highest BCUT2D eigenvalue weighted by atomic mass is 35.5. The van der Waals surface area contributed by atoms with Gasteiger partial charge in [0.25, 0.3) is 0 Å². The predicted molar refractivity (Wildman–Crippen MR) is 90.9 cm³/mol. The Morgan fingerprint density at radius 2 is 2.08 bits per heavy atom. The monoisotopic (exact) mass is 346 g/mol. The van der Waals surface area contributed by atoms with Crippen LogP contribution in [-0.4, -0.2) is 40.0 Å². The zero-order chi connectivity index (χ0) is 16.8.